The van der Waals surface area contributed by atoms with E-state index in [2.05, 4.69) is 5.32 Å². The number of benzene rings is 1. The van der Waals surface area contributed by atoms with E-state index in [1.165, 1.54) is 6.26 Å². The molecule has 1 aliphatic carbocycles. The molecule has 1 heterocycles. The Morgan fingerprint density at radius 3 is 2.65 bits per heavy atom. The fourth-order valence-corrected chi connectivity index (χ4v) is 2.68. The molecule has 0 saturated heterocycles. The predicted molar refractivity (Wildman–Crippen MR) is 81.2 cm³/mol. The van der Waals surface area contributed by atoms with Crippen molar-refractivity contribution in [1.82, 2.24) is 5.32 Å². The molecule has 3 rings (SSSR count). The zero-order valence-corrected chi connectivity index (χ0v) is 12.0. The summed E-state index contributed by atoms with van der Waals surface area (Å²) in [6.45, 7) is 0. The first-order valence-electron chi connectivity index (χ1n) is 6.76. The van der Waals surface area contributed by atoms with Crippen molar-refractivity contribution in [2.24, 2.45) is 5.73 Å². The highest BCUT2D eigenvalue weighted by Gasteiger charge is 2.22. The maximum atomic E-state index is 12.3. The highest BCUT2D eigenvalue weighted by Crippen LogP contribution is 2.22. The highest BCUT2D eigenvalue weighted by molar-refractivity contribution is 6.05. The van der Waals surface area contributed by atoms with Crippen LogP contribution in [-0.4, -0.2) is 18.0 Å². The largest absolute Gasteiger partial charge is 0.463 e. The second-order valence-electron chi connectivity index (χ2n) is 5.23. The number of rotatable bonds is 2. The molecule has 0 bridgehead atoms. The van der Waals surface area contributed by atoms with Gasteiger partial charge >= 0.3 is 0 Å². The molecule has 4 nitrogen and oxygen atoms in total. The summed E-state index contributed by atoms with van der Waals surface area (Å²) in [4.78, 5) is 12.3. The summed E-state index contributed by atoms with van der Waals surface area (Å²) in [7, 11) is 0. The molecule has 20 heavy (non-hydrogen) atoms. The third-order valence-corrected chi connectivity index (χ3v) is 3.83. The lowest BCUT2D eigenvalue weighted by Crippen LogP contribution is -2.40. The van der Waals surface area contributed by atoms with Gasteiger partial charge in [-0.3, -0.25) is 4.79 Å². The minimum absolute atomic E-state index is 0. The van der Waals surface area contributed by atoms with Crippen LogP contribution in [0, 0.1) is 0 Å². The van der Waals surface area contributed by atoms with E-state index >= 15 is 0 Å². The minimum atomic E-state index is -0.0505. The quantitative estimate of drug-likeness (QED) is 0.895. The topological polar surface area (TPSA) is 68.3 Å². The Kier molecular flexibility index (Phi) is 4.68. The summed E-state index contributed by atoms with van der Waals surface area (Å²) in [5, 5.41) is 3.95. The van der Waals surface area contributed by atoms with Gasteiger partial charge in [-0.2, -0.15) is 0 Å². The highest BCUT2D eigenvalue weighted by atomic mass is 35.5. The fourth-order valence-electron chi connectivity index (χ4n) is 2.68. The SMILES string of the molecule is Cl.NC1CCC(NC(=O)c2coc3ccccc23)CC1. The third kappa shape index (κ3) is 2.97. The molecule has 3 N–H and O–H groups in total. The van der Waals surface area contributed by atoms with E-state index in [1.54, 1.807) is 0 Å². The van der Waals surface area contributed by atoms with Gasteiger partial charge < -0.3 is 15.5 Å². The van der Waals surface area contributed by atoms with E-state index in [9.17, 15) is 4.79 Å². The lowest BCUT2D eigenvalue weighted by Gasteiger charge is -2.26. The van der Waals surface area contributed by atoms with Crippen molar-refractivity contribution in [2.45, 2.75) is 37.8 Å². The smallest absolute Gasteiger partial charge is 0.255 e. The summed E-state index contributed by atoms with van der Waals surface area (Å²) in [6.07, 6.45) is 5.42. The van der Waals surface area contributed by atoms with Gasteiger partial charge in [0.05, 0.1) is 5.56 Å². The normalized spacial score (nSPS) is 22.2. The summed E-state index contributed by atoms with van der Waals surface area (Å²) in [5.74, 6) is -0.0505. The van der Waals surface area contributed by atoms with Crippen molar-refractivity contribution < 1.29 is 9.21 Å². The predicted octanol–water partition coefficient (Wildman–Crippen LogP) is 2.85. The molecule has 108 valence electrons. The maximum absolute atomic E-state index is 12.3. The van der Waals surface area contributed by atoms with Gasteiger partial charge in [0, 0.05) is 17.5 Å². The molecule has 1 aromatic carbocycles. The molecule has 0 unspecified atom stereocenters. The molecule has 0 spiro atoms. The Labute approximate surface area is 124 Å². The van der Waals surface area contributed by atoms with E-state index in [-0.39, 0.29) is 24.4 Å². The summed E-state index contributed by atoms with van der Waals surface area (Å²) < 4.78 is 5.40. The number of nitrogens with two attached hydrogens (primary N) is 1. The molecule has 0 atom stereocenters. The van der Waals surface area contributed by atoms with Crippen LogP contribution in [0.3, 0.4) is 0 Å². The van der Waals surface area contributed by atoms with Crippen molar-refractivity contribution in [1.29, 1.82) is 0 Å². The Balaban J connectivity index is 0.00000147. The fraction of sp³-hybridized carbons (Fsp3) is 0.400. The number of fused-ring (bicyclic) bond motifs is 1. The number of hydrogen-bond acceptors (Lipinski definition) is 3. The van der Waals surface area contributed by atoms with Crippen LogP contribution in [0.5, 0.6) is 0 Å². The molecule has 0 radical (unpaired) electrons. The van der Waals surface area contributed by atoms with Crippen molar-refractivity contribution in [3.8, 4) is 0 Å². The lowest BCUT2D eigenvalue weighted by molar-refractivity contribution is 0.0926. The first-order valence-corrected chi connectivity index (χ1v) is 6.76. The van der Waals surface area contributed by atoms with Gasteiger partial charge in [-0.1, -0.05) is 18.2 Å². The van der Waals surface area contributed by atoms with Gasteiger partial charge in [-0.15, -0.1) is 12.4 Å². The Bertz CT molecular complexity index is 588. The maximum Gasteiger partial charge on any atom is 0.255 e. The number of amides is 1. The zero-order chi connectivity index (χ0) is 13.2. The van der Waals surface area contributed by atoms with E-state index in [0.717, 1.165) is 36.7 Å². The Morgan fingerprint density at radius 2 is 1.90 bits per heavy atom. The molecule has 5 heteroatoms. The third-order valence-electron chi connectivity index (χ3n) is 3.83. The van der Waals surface area contributed by atoms with Crippen molar-refractivity contribution in [3.63, 3.8) is 0 Å². The number of carbonyl (C=O) groups excluding carboxylic acids is 1. The van der Waals surface area contributed by atoms with Gasteiger partial charge in [-0.05, 0) is 31.7 Å². The van der Waals surface area contributed by atoms with E-state index < -0.39 is 0 Å². The van der Waals surface area contributed by atoms with Crippen LogP contribution in [0.1, 0.15) is 36.0 Å². The monoisotopic (exact) mass is 294 g/mol. The number of carbonyl (C=O) groups is 1. The van der Waals surface area contributed by atoms with Gasteiger partial charge in [0.2, 0.25) is 0 Å². The molecular formula is C15H19ClN2O2. The van der Waals surface area contributed by atoms with E-state index in [0.29, 0.717) is 11.6 Å². The molecule has 1 fully saturated rings. The number of furan rings is 1. The number of hydrogen-bond donors (Lipinski definition) is 2. The van der Waals surface area contributed by atoms with Crippen LogP contribution in [0.4, 0.5) is 0 Å². The average Bonchev–Trinajstić information content (AvgIpc) is 2.85. The van der Waals surface area contributed by atoms with Crippen LogP contribution in [0.15, 0.2) is 34.9 Å². The Hall–Kier alpha value is -1.52. The van der Waals surface area contributed by atoms with Gasteiger partial charge in [0.25, 0.3) is 5.91 Å². The van der Waals surface area contributed by atoms with Crippen molar-refractivity contribution in [3.05, 3.63) is 36.1 Å². The second kappa shape index (κ2) is 6.29. The van der Waals surface area contributed by atoms with Crippen LogP contribution in [0.25, 0.3) is 11.0 Å². The van der Waals surface area contributed by atoms with Crippen molar-refractivity contribution in [2.75, 3.05) is 0 Å². The van der Waals surface area contributed by atoms with Gasteiger partial charge in [-0.25, -0.2) is 0 Å². The lowest BCUT2D eigenvalue weighted by atomic mass is 9.91. The average molecular weight is 295 g/mol. The standard InChI is InChI=1S/C15H18N2O2.ClH/c16-10-5-7-11(8-6-10)17-15(18)13-9-19-14-4-2-1-3-12(13)14;/h1-4,9-11H,5-8,16H2,(H,17,18);1H. The van der Waals surface area contributed by atoms with Crippen molar-refractivity contribution >= 4 is 29.3 Å². The Morgan fingerprint density at radius 1 is 1.20 bits per heavy atom. The molecule has 1 aromatic heterocycles. The number of halogens is 1. The summed E-state index contributed by atoms with van der Waals surface area (Å²) >= 11 is 0. The van der Waals surface area contributed by atoms with Crippen LogP contribution < -0.4 is 11.1 Å². The molecule has 2 aromatic rings. The second-order valence-corrected chi connectivity index (χ2v) is 5.23. The minimum Gasteiger partial charge on any atom is -0.463 e. The van der Waals surface area contributed by atoms with E-state index in [1.807, 2.05) is 24.3 Å². The number of nitrogens with one attached hydrogen (secondary N) is 1. The zero-order valence-electron chi connectivity index (χ0n) is 11.2. The van der Waals surface area contributed by atoms with Gasteiger partial charge in [0.1, 0.15) is 11.8 Å². The number of para-hydroxylation sites is 1. The first-order chi connectivity index (χ1) is 9.24. The summed E-state index contributed by atoms with van der Waals surface area (Å²) in [6, 6.07) is 8.12. The first kappa shape index (κ1) is 14.9. The molecule has 1 aliphatic rings. The van der Waals surface area contributed by atoms with Crippen LogP contribution in [-0.2, 0) is 0 Å². The van der Waals surface area contributed by atoms with E-state index in [4.69, 9.17) is 10.2 Å². The molecular weight excluding hydrogens is 276 g/mol. The summed E-state index contributed by atoms with van der Waals surface area (Å²) in [5.41, 5.74) is 7.23. The van der Waals surface area contributed by atoms with Gasteiger partial charge in [0.15, 0.2) is 0 Å². The van der Waals surface area contributed by atoms with Crippen LogP contribution in [0.2, 0.25) is 0 Å². The molecule has 1 amide bonds. The molecule has 0 aliphatic heterocycles. The van der Waals surface area contributed by atoms with Crippen LogP contribution >= 0.6 is 12.4 Å². The molecule has 1 saturated carbocycles.